The topological polar surface area (TPSA) is 88.6 Å². The zero-order chi connectivity index (χ0) is 19.4. The number of amides is 2. The highest BCUT2D eigenvalue weighted by molar-refractivity contribution is 5.94. The number of carbonyl (C=O) groups is 2. The molecule has 140 valence electrons. The molecule has 1 N–H and O–H groups in total. The number of furan rings is 1. The molecule has 27 heavy (non-hydrogen) atoms. The Morgan fingerprint density at radius 2 is 1.89 bits per heavy atom. The Bertz CT molecular complexity index is 911. The van der Waals surface area contributed by atoms with Crippen molar-refractivity contribution in [1.82, 2.24) is 15.4 Å². The summed E-state index contributed by atoms with van der Waals surface area (Å²) in [5.74, 6) is 0.514. The third-order valence-electron chi connectivity index (χ3n) is 4.26. The van der Waals surface area contributed by atoms with Gasteiger partial charge in [-0.3, -0.25) is 9.59 Å². The van der Waals surface area contributed by atoms with Gasteiger partial charge in [-0.15, -0.1) is 0 Å². The summed E-state index contributed by atoms with van der Waals surface area (Å²) >= 11 is 0. The van der Waals surface area contributed by atoms with Crippen molar-refractivity contribution in [3.63, 3.8) is 0 Å². The third kappa shape index (κ3) is 4.25. The molecule has 0 saturated heterocycles. The van der Waals surface area contributed by atoms with Gasteiger partial charge in [-0.25, -0.2) is 0 Å². The highest BCUT2D eigenvalue weighted by atomic mass is 16.5. The van der Waals surface area contributed by atoms with E-state index in [4.69, 9.17) is 8.94 Å². The molecule has 0 saturated carbocycles. The number of hydrogen-bond acceptors (Lipinski definition) is 5. The summed E-state index contributed by atoms with van der Waals surface area (Å²) in [4.78, 5) is 26.2. The fraction of sp³-hybridized carbons (Fsp3) is 0.250. The number of hydrogen-bond donors (Lipinski definition) is 1. The minimum absolute atomic E-state index is 0.0337. The molecule has 0 radical (unpaired) electrons. The summed E-state index contributed by atoms with van der Waals surface area (Å²) in [6, 6.07) is 12.3. The lowest BCUT2D eigenvalue weighted by Crippen LogP contribution is -2.32. The summed E-state index contributed by atoms with van der Waals surface area (Å²) in [5.41, 5.74) is 1.66. The van der Waals surface area contributed by atoms with Crippen molar-refractivity contribution >= 4 is 11.8 Å². The van der Waals surface area contributed by atoms with Crippen molar-refractivity contribution in [3.05, 3.63) is 65.5 Å². The molecule has 7 nitrogen and oxygen atoms in total. The maximum Gasteiger partial charge on any atom is 0.273 e. The Hall–Kier alpha value is -3.35. The van der Waals surface area contributed by atoms with Crippen LogP contribution in [0.15, 0.2) is 57.7 Å². The molecule has 0 aliphatic carbocycles. The highest BCUT2D eigenvalue weighted by Gasteiger charge is 2.16. The van der Waals surface area contributed by atoms with Gasteiger partial charge in [0.2, 0.25) is 5.76 Å². The lowest BCUT2D eigenvalue weighted by atomic mass is 10.1. The Kier molecular flexibility index (Phi) is 5.40. The second-order valence-corrected chi connectivity index (χ2v) is 6.44. The van der Waals surface area contributed by atoms with Crippen LogP contribution in [-0.4, -0.2) is 35.0 Å². The van der Waals surface area contributed by atoms with E-state index in [2.05, 4.69) is 10.5 Å². The number of aromatic nitrogens is 1. The largest absolute Gasteiger partial charge is 0.461 e. The smallest absolute Gasteiger partial charge is 0.273 e. The molecule has 2 aromatic heterocycles. The fourth-order valence-corrected chi connectivity index (χ4v) is 2.39. The summed E-state index contributed by atoms with van der Waals surface area (Å²) in [6.45, 7) is 4.24. The van der Waals surface area contributed by atoms with Gasteiger partial charge in [0.15, 0.2) is 11.5 Å². The molecule has 3 aromatic rings. The maximum atomic E-state index is 12.3. The Balaban J connectivity index is 1.58. The van der Waals surface area contributed by atoms with Crippen LogP contribution in [0.2, 0.25) is 0 Å². The maximum absolute atomic E-state index is 12.3. The van der Waals surface area contributed by atoms with Crippen LogP contribution in [0.4, 0.5) is 0 Å². The van der Waals surface area contributed by atoms with Crippen LogP contribution in [0.5, 0.6) is 0 Å². The zero-order valence-corrected chi connectivity index (χ0v) is 15.4. The average Bonchev–Trinajstić information content (AvgIpc) is 3.36. The van der Waals surface area contributed by atoms with E-state index in [9.17, 15) is 9.59 Å². The van der Waals surface area contributed by atoms with Gasteiger partial charge in [0.1, 0.15) is 0 Å². The number of nitrogens with zero attached hydrogens (tertiary/aromatic N) is 2. The van der Waals surface area contributed by atoms with E-state index in [0.717, 1.165) is 5.56 Å². The van der Waals surface area contributed by atoms with Crippen molar-refractivity contribution < 1.29 is 18.5 Å². The van der Waals surface area contributed by atoms with Crippen LogP contribution in [0.1, 0.15) is 40.3 Å². The summed E-state index contributed by atoms with van der Waals surface area (Å²) in [5, 5.41) is 6.54. The van der Waals surface area contributed by atoms with E-state index in [1.165, 1.54) is 12.3 Å². The molecular weight excluding hydrogens is 346 g/mol. The second kappa shape index (κ2) is 7.90. The molecule has 3 rings (SSSR count). The van der Waals surface area contributed by atoms with Crippen LogP contribution < -0.4 is 5.32 Å². The first-order chi connectivity index (χ1) is 13.0. The molecule has 0 spiro atoms. The van der Waals surface area contributed by atoms with E-state index >= 15 is 0 Å². The summed E-state index contributed by atoms with van der Waals surface area (Å²) in [6.07, 6.45) is 1.52. The standard InChI is InChI=1S/C20H21N3O4/c1-13(2)23(3)20(25)15-8-6-14(7-9-15)12-21-19(24)16-11-18(27-22-16)17-5-4-10-26-17/h4-11,13H,12H2,1-3H3,(H,21,24). The average molecular weight is 367 g/mol. The Morgan fingerprint density at radius 1 is 1.15 bits per heavy atom. The van der Waals surface area contributed by atoms with Gasteiger partial charge in [-0.2, -0.15) is 0 Å². The molecule has 0 bridgehead atoms. The molecule has 0 fully saturated rings. The van der Waals surface area contributed by atoms with E-state index in [1.54, 1.807) is 36.2 Å². The van der Waals surface area contributed by atoms with Gasteiger partial charge in [0.05, 0.1) is 6.26 Å². The predicted octanol–water partition coefficient (Wildman–Crippen LogP) is 3.35. The first-order valence-corrected chi connectivity index (χ1v) is 8.60. The monoisotopic (exact) mass is 367 g/mol. The van der Waals surface area contributed by atoms with Gasteiger partial charge in [-0.1, -0.05) is 17.3 Å². The molecule has 2 amide bonds. The van der Waals surface area contributed by atoms with Crippen molar-refractivity contribution in [1.29, 1.82) is 0 Å². The molecule has 7 heteroatoms. The van der Waals surface area contributed by atoms with Crippen molar-refractivity contribution in [2.45, 2.75) is 26.4 Å². The van der Waals surface area contributed by atoms with Gasteiger partial charge < -0.3 is 19.2 Å². The molecule has 2 heterocycles. The number of rotatable bonds is 6. The van der Waals surface area contributed by atoms with E-state index in [1.807, 2.05) is 26.0 Å². The van der Waals surface area contributed by atoms with Crippen molar-refractivity contribution in [2.75, 3.05) is 7.05 Å². The summed E-state index contributed by atoms with van der Waals surface area (Å²) in [7, 11) is 1.77. The van der Waals surface area contributed by atoms with Crippen LogP contribution in [0.25, 0.3) is 11.5 Å². The number of nitrogens with one attached hydrogen (secondary N) is 1. The van der Waals surface area contributed by atoms with Crippen LogP contribution in [0, 0.1) is 0 Å². The van der Waals surface area contributed by atoms with E-state index in [-0.39, 0.29) is 23.6 Å². The normalized spacial score (nSPS) is 10.8. The summed E-state index contributed by atoms with van der Waals surface area (Å²) < 4.78 is 10.3. The van der Waals surface area contributed by atoms with Gasteiger partial charge >= 0.3 is 0 Å². The number of carbonyl (C=O) groups excluding carboxylic acids is 2. The Labute approximate surface area is 156 Å². The lowest BCUT2D eigenvalue weighted by Gasteiger charge is -2.21. The van der Waals surface area contributed by atoms with Crippen LogP contribution in [0.3, 0.4) is 0 Å². The third-order valence-corrected chi connectivity index (χ3v) is 4.26. The molecule has 1 aromatic carbocycles. The lowest BCUT2D eigenvalue weighted by molar-refractivity contribution is 0.0754. The minimum Gasteiger partial charge on any atom is -0.461 e. The van der Waals surface area contributed by atoms with E-state index < -0.39 is 0 Å². The minimum atomic E-state index is -0.351. The highest BCUT2D eigenvalue weighted by Crippen LogP contribution is 2.20. The first kappa shape index (κ1) is 18.4. The van der Waals surface area contributed by atoms with Gasteiger partial charge in [0, 0.05) is 31.3 Å². The van der Waals surface area contributed by atoms with Crippen LogP contribution >= 0.6 is 0 Å². The molecule has 0 aliphatic rings. The van der Waals surface area contributed by atoms with Gasteiger partial charge in [-0.05, 0) is 43.7 Å². The van der Waals surface area contributed by atoms with Crippen molar-refractivity contribution in [2.24, 2.45) is 0 Å². The quantitative estimate of drug-likeness (QED) is 0.722. The van der Waals surface area contributed by atoms with E-state index in [0.29, 0.717) is 23.6 Å². The predicted molar refractivity (Wildman–Crippen MR) is 99.0 cm³/mol. The van der Waals surface area contributed by atoms with Crippen molar-refractivity contribution in [3.8, 4) is 11.5 Å². The first-order valence-electron chi connectivity index (χ1n) is 8.60. The van der Waals surface area contributed by atoms with Gasteiger partial charge in [0.25, 0.3) is 11.8 Å². The zero-order valence-electron chi connectivity index (χ0n) is 15.4. The Morgan fingerprint density at radius 3 is 2.52 bits per heavy atom. The molecular formula is C20H21N3O4. The fourth-order valence-electron chi connectivity index (χ4n) is 2.39. The molecule has 0 aliphatic heterocycles. The SMILES string of the molecule is CC(C)N(C)C(=O)c1ccc(CNC(=O)c2cc(-c3ccco3)on2)cc1. The second-order valence-electron chi connectivity index (χ2n) is 6.44. The van der Waals surface area contributed by atoms with Crippen LogP contribution in [-0.2, 0) is 6.54 Å². The molecule has 0 atom stereocenters. The number of benzene rings is 1. The molecule has 0 unspecified atom stereocenters.